The Balaban J connectivity index is 1.97. The molecular formula is C11H11ClN2OS. The molecule has 0 saturated carbocycles. The molecule has 0 radical (unpaired) electrons. The zero-order valence-corrected chi connectivity index (χ0v) is 10.2. The van der Waals surface area contributed by atoms with Gasteiger partial charge in [-0.15, -0.1) is 0 Å². The van der Waals surface area contributed by atoms with Gasteiger partial charge in [-0.3, -0.25) is 0 Å². The van der Waals surface area contributed by atoms with Crippen LogP contribution in [0.25, 0.3) is 10.2 Å². The maximum Gasteiger partial charge on any atom is 0.186 e. The van der Waals surface area contributed by atoms with Crippen molar-refractivity contribution in [3.63, 3.8) is 0 Å². The lowest BCUT2D eigenvalue weighted by Crippen LogP contribution is -2.36. The first-order valence-electron chi connectivity index (χ1n) is 5.22. The number of rotatable bonds is 1. The summed E-state index contributed by atoms with van der Waals surface area (Å²) in [5, 5.41) is 1.84. The van der Waals surface area contributed by atoms with Crippen LogP contribution in [0, 0.1) is 0 Å². The summed E-state index contributed by atoms with van der Waals surface area (Å²) in [4.78, 5) is 6.87. The fourth-order valence-electron chi connectivity index (χ4n) is 1.78. The van der Waals surface area contributed by atoms with E-state index in [1.165, 1.54) is 0 Å². The molecule has 3 rings (SSSR count). The van der Waals surface area contributed by atoms with E-state index in [0.717, 1.165) is 46.7 Å². The van der Waals surface area contributed by atoms with Crippen molar-refractivity contribution in [2.45, 2.75) is 0 Å². The predicted molar refractivity (Wildman–Crippen MR) is 67.7 cm³/mol. The Labute approximate surface area is 103 Å². The maximum atomic E-state index is 5.96. The van der Waals surface area contributed by atoms with Gasteiger partial charge in [0.2, 0.25) is 0 Å². The van der Waals surface area contributed by atoms with Gasteiger partial charge in [0.05, 0.1) is 23.4 Å². The van der Waals surface area contributed by atoms with Gasteiger partial charge in [-0.25, -0.2) is 4.98 Å². The molecule has 2 heterocycles. The molecule has 1 fully saturated rings. The molecule has 1 aromatic carbocycles. The Morgan fingerprint density at radius 3 is 2.94 bits per heavy atom. The van der Waals surface area contributed by atoms with E-state index >= 15 is 0 Å². The summed E-state index contributed by atoms with van der Waals surface area (Å²) < 4.78 is 6.48. The normalized spacial score (nSPS) is 16.9. The van der Waals surface area contributed by atoms with Gasteiger partial charge >= 0.3 is 0 Å². The lowest BCUT2D eigenvalue weighted by atomic mass is 10.3. The molecule has 2 aromatic rings. The summed E-state index contributed by atoms with van der Waals surface area (Å²) in [6.07, 6.45) is 0. The summed E-state index contributed by atoms with van der Waals surface area (Å²) in [6, 6.07) is 5.82. The predicted octanol–water partition coefficient (Wildman–Crippen LogP) is 2.79. The van der Waals surface area contributed by atoms with Gasteiger partial charge in [-0.2, -0.15) is 0 Å². The van der Waals surface area contributed by atoms with E-state index in [4.69, 9.17) is 16.3 Å². The molecule has 0 bridgehead atoms. The Kier molecular flexibility index (Phi) is 2.71. The minimum absolute atomic E-state index is 0.768. The second-order valence-corrected chi connectivity index (χ2v) is 5.15. The van der Waals surface area contributed by atoms with E-state index in [9.17, 15) is 0 Å². The number of ether oxygens (including phenoxy) is 1. The molecule has 0 atom stereocenters. The lowest BCUT2D eigenvalue weighted by molar-refractivity contribution is 0.122. The van der Waals surface area contributed by atoms with Crippen LogP contribution in [0.3, 0.4) is 0 Å². The van der Waals surface area contributed by atoms with E-state index in [1.807, 2.05) is 18.2 Å². The second-order valence-electron chi connectivity index (χ2n) is 3.71. The van der Waals surface area contributed by atoms with Crippen LogP contribution in [-0.2, 0) is 4.74 Å². The highest BCUT2D eigenvalue weighted by atomic mass is 35.5. The number of benzene rings is 1. The van der Waals surface area contributed by atoms with Crippen LogP contribution in [-0.4, -0.2) is 31.3 Å². The highest BCUT2D eigenvalue weighted by Crippen LogP contribution is 2.30. The molecular weight excluding hydrogens is 244 g/mol. The molecule has 5 heteroatoms. The first-order valence-corrected chi connectivity index (χ1v) is 6.41. The van der Waals surface area contributed by atoms with Gasteiger partial charge in [0, 0.05) is 18.1 Å². The van der Waals surface area contributed by atoms with Crippen molar-refractivity contribution in [2.24, 2.45) is 0 Å². The monoisotopic (exact) mass is 254 g/mol. The maximum absolute atomic E-state index is 5.96. The van der Waals surface area contributed by atoms with Crippen LogP contribution in [0.1, 0.15) is 0 Å². The lowest BCUT2D eigenvalue weighted by Gasteiger charge is -2.25. The van der Waals surface area contributed by atoms with Crippen LogP contribution in [0.15, 0.2) is 18.2 Å². The largest absolute Gasteiger partial charge is 0.378 e. The summed E-state index contributed by atoms with van der Waals surface area (Å²) in [7, 11) is 0. The van der Waals surface area contributed by atoms with E-state index < -0.39 is 0 Å². The van der Waals surface area contributed by atoms with Crippen molar-refractivity contribution < 1.29 is 4.74 Å². The van der Waals surface area contributed by atoms with Crippen molar-refractivity contribution in [2.75, 3.05) is 31.2 Å². The minimum atomic E-state index is 0.768. The van der Waals surface area contributed by atoms with Crippen molar-refractivity contribution in [3.8, 4) is 0 Å². The molecule has 0 aliphatic carbocycles. The zero-order chi connectivity index (χ0) is 11.0. The van der Waals surface area contributed by atoms with Crippen LogP contribution in [0.4, 0.5) is 5.13 Å². The zero-order valence-electron chi connectivity index (χ0n) is 8.65. The third-order valence-corrected chi connectivity index (χ3v) is 3.93. The van der Waals surface area contributed by atoms with Gasteiger partial charge < -0.3 is 9.64 Å². The molecule has 3 nitrogen and oxygen atoms in total. The second kappa shape index (κ2) is 4.20. The van der Waals surface area contributed by atoms with Gasteiger partial charge in [-0.05, 0) is 18.2 Å². The fourth-order valence-corrected chi connectivity index (χ4v) is 3.07. The summed E-state index contributed by atoms with van der Waals surface area (Å²) >= 11 is 7.65. The van der Waals surface area contributed by atoms with E-state index in [-0.39, 0.29) is 0 Å². The summed E-state index contributed by atoms with van der Waals surface area (Å²) in [5.41, 5.74) is 1.02. The minimum Gasteiger partial charge on any atom is -0.378 e. The molecule has 1 aliphatic rings. The van der Waals surface area contributed by atoms with Crippen molar-refractivity contribution in [3.05, 3.63) is 23.2 Å². The number of hydrogen-bond acceptors (Lipinski definition) is 4. The molecule has 0 unspecified atom stereocenters. The van der Waals surface area contributed by atoms with Gasteiger partial charge in [-0.1, -0.05) is 22.9 Å². The number of morpholine rings is 1. The van der Waals surface area contributed by atoms with E-state index in [0.29, 0.717) is 0 Å². The molecule has 16 heavy (non-hydrogen) atoms. The number of hydrogen-bond donors (Lipinski definition) is 0. The summed E-state index contributed by atoms with van der Waals surface area (Å²) in [5.74, 6) is 0. The standard InChI is InChI=1S/C11H11ClN2OS/c12-8-1-2-9-10(7-8)16-11(13-9)14-3-5-15-6-4-14/h1-2,7H,3-6H2. The fraction of sp³-hybridized carbons (Fsp3) is 0.364. The highest BCUT2D eigenvalue weighted by Gasteiger charge is 2.15. The number of fused-ring (bicyclic) bond motifs is 1. The van der Waals surface area contributed by atoms with Gasteiger partial charge in [0.1, 0.15) is 0 Å². The Morgan fingerprint density at radius 2 is 2.12 bits per heavy atom. The van der Waals surface area contributed by atoms with Crippen LogP contribution in [0.5, 0.6) is 0 Å². The number of thiazole rings is 1. The first kappa shape index (κ1) is 10.3. The van der Waals surface area contributed by atoms with Crippen LogP contribution < -0.4 is 4.90 Å². The quantitative estimate of drug-likeness (QED) is 0.783. The topological polar surface area (TPSA) is 25.4 Å². The highest BCUT2D eigenvalue weighted by molar-refractivity contribution is 7.22. The molecule has 1 aromatic heterocycles. The first-order chi connectivity index (χ1) is 7.83. The molecule has 0 N–H and O–H groups in total. The summed E-state index contributed by atoms with van der Waals surface area (Å²) in [6.45, 7) is 3.43. The number of anilines is 1. The van der Waals surface area contributed by atoms with Crippen LogP contribution in [0.2, 0.25) is 5.02 Å². The van der Waals surface area contributed by atoms with E-state index in [1.54, 1.807) is 11.3 Å². The molecule has 84 valence electrons. The number of aromatic nitrogens is 1. The molecule has 0 spiro atoms. The van der Waals surface area contributed by atoms with E-state index in [2.05, 4.69) is 9.88 Å². The van der Waals surface area contributed by atoms with Gasteiger partial charge in [0.25, 0.3) is 0 Å². The van der Waals surface area contributed by atoms with Crippen LogP contribution >= 0.6 is 22.9 Å². The average Bonchev–Trinajstić information content (AvgIpc) is 2.73. The van der Waals surface area contributed by atoms with Crippen molar-refractivity contribution in [1.29, 1.82) is 0 Å². The smallest absolute Gasteiger partial charge is 0.186 e. The third kappa shape index (κ3) is 1.88. The number of halogens is 1. The van der Waals surface area contributed by atoms with Crippen molar-refractivity contribution >= 4 is 38.3 Å². The molecule has 1 aliphatic heterocycles. The van der Waals surface area contributed by atoms with Gasteiger partial charge in [0.15, 0.2) is 5.13 Å². The Morgan fingerprint density at radius 1 is 1.31 bits per heavy atom. The Bertz CT molecular complexity index is 508. The Hall–Kier alpha value is -0.840. The average molecular weight is 255 g/mol. The molecule has 0 amide bonds. The molecule has 1 saturated heterocycles. The third-order valence-electron chi connectivity index (χ3n) is 2.62. The van der Waals surface area contributed by atoms with Crippen molar-refractivity contribution in [1.82, 2.24) is 4.98 Å². The SMILES string of the molecule is Clc1ccc2nc(N3CCOCC3)sc2c1. The number of nitrogens with zero attached hydrogens (tertiary/aromatic N) is 2.